The van der Waals surface area contributed by atoms with Gasteiger partial charge in [0.25, 0.3) is 0 Å². The van der Waals surface area contributed by atoms with E-state index in [1.165, 1.54) is 30.0 Å². The first-order valence-electron chi connectivity index (χ1n) is 7.66. The third-order valence-corrected chi connectivity index (χ3v) is 5.11. The molecule has 4 heteroatoms. The van der Waals surface area contributed by atoms with Gasteiger partial charge in [0.1, 0.15) is 0 Å². The molecule has 2 heterocycles. The van der Waals surface area contributed by atoms with Gasteiger partial charge in [-0.2, -0.15) is 16.9 Å². The van der Waals surface area contributed by atoms with E-state index in [9.17, 15) is 0 Å². The first-order chi connectivity index (χ1) is 9.33. The first kappa shape index (κ1) is 14.9. The zero-order chi connectivity index (χ0) is 13.5. The fourth-order valence-corrected chi connectivity index (χ4v) is 3.90. The van der Waals surface area contributed by atoms with Crippen LogP contribution in [0.15, 0.2) is 12.3 Å². The Morgan fingerprint density at radius 1 is 1.37 bits per heavy atom. The molecule has 1 saturated heterocycles. The lowest BCUT2D eigenvalue weighted by Crippen LogP contribution is -2.25. The van der Waals surface area contributed by atoms with Crippen molar-refractivity contribution in [2.45, 2.75) is 52.1 Å². The zero-order valence-electron chi connectivity index (χ0n) is 12.3. The summed E-state index contributed by atoms with van der Waals surface area (Å²) in [6, 6.07) is 2.71. The molecule has 0 unspecified atom stereocenters. The van der Waals surface area contributed by atoms with Crippen LogP contribution in [-0.4, -0.2) is 27.8 Å². The van der Waals surface area contributed by atoms with Gasteiger partial charge >= 0.3 is 0 Å². The Kier molecular flexibility index (Phi) is 6.24. The summed E-state index contributed by atoms with van der Waals surface area (Å²) in [4.78, 5) is 0. The van der Waals surface area contributed by atoms with Crippen molar-refractivity contribution in [3.05, 3.63) is 18.0 Å². The molecule has 1 aliphatic heterocycles. The molecular weight excluding hydrogens is 254 g/mol. The standard InChI is InChI=1S/C15H27N3S/c1-3-15(4-2)18-8-5-14(17-18)12-16-11-13-6-9-19-10-7-13/h5,8,13,15-16H,3-4,6-7,9-12H2,1-2H3. The second-order valence-corrected chi connectivity index (χ2v) is 6.67. The van der Waals surface area contributed by atoms with Crippen molar-refractivity contribution in [1.82, 2.24) is 15.1 Å². The average molecular weight is 281 g/mol. The summed E-state index contributed by atoms with van der Waals surface area (Å²) in [6.45, 7) is 6.53. The lowest BCUT2D eigenvalue weighted by Gasteiger charge is -2.21. The molecule has 2 rings (SSSR count). The number of hydrogen-bond acceptors (Lipinski definition) is 3. The minimum atomic E-state index is 0.559. The molecule has 0 amide bonds. The van der Waals surface area contributed by atoms with Crippen LogP contribution in [0, 0.1) is 5.92 Å². The monoisotopic (exact) mass is 281 g/mol. The van der Waals surface area contributed by atoms with E-state index in [-0.39, 0.29) is 0 Å². The maximum atomic E-state index is 4.68. The van der Waals surface area contributed by atoms with Crippen LogP contribution in [0.3, 0.4) is 0 Å². The number of hydrogen-bond donors (Lipinski definition) is 1. The molecule has 1 aliphatic rings. The van der Waals surface area contributed by atoms with Crippen molar-refractivity contribution in [3.8, 4) is 0 Å². The molecule has 1 fully saturated rings. The second kappa shape index (κ2) is 7.95. The van der Waals surface area contributed by atoms with Gasteiger partial charge in [0, 0.05) is 12.7 Å². The van der Waals surface area contributed by atoms with Gasteiger partial charge in [-0.05, 0) is 55.7 Å². The van der Waals surface area contributed by atoms with Crippen molar-refractivity contribution in [1.29, 1.82) is 0 Å². The van der Waals surface area contributed by atoms with Gasteiger partial charge < -0.3 is 5.32 Å². The van der Waals surface area contributed by atoms with E-state index in [1.807, 2.05) is 0 Å². The third kappa shape index (κ3) is 4.53. The molecule has 0 aliphatic carbocycles. The van der Waals surface area contributed by atoms with E-state index in [0.29, 0.717) is 6.04 Å². The maximum Gasteiger partial charge on any atom is 0.0762 e. The Morgan fingerprint density at radius 2 is 2.11 bits per heavy atom. The first-order valence-corrected chi connectivity index (χ1v) is 8.81. The largest absolute Gasteiger partial charge is 0.311 e. The highest BCUT2D eigenvalue weighted by molar-refractivity contribution is 7.99. The lowest BCUT2D eigenvalue weighted by atomic mass is 10.0. The van der Waals surface area contributed by atoms with Gasteiger partial charge in [0.15, 0.2) is 0 Å². The van der Waals surface area contributed by atoms with Crippen LogP contribution in [0.25, 0.3) is 0 Å². The summed E-state index contributed by atoms with van der Waals surface area (Å²) in [7, 11) is 0. The summed E-state index contributed by atoms with van der Waals surface area (Å²) in [5, 5.41) is 8.26. The van der Waals surface area contributed by atoms with Gasteiger partial charge in [-0.15, -0.1) is 0 Å². The number of rotatable bonds is 7. The predicted octanol–water partition coefficient (Wildman–Crippen LogP) is 3.48. The molecule has 1 aromatic rings. The zero-order valence-corrected chi connectivity index (χ0v) is 13.1. The van der Waals surface area contributed by atoms with Crippen LogP contribution < -0.4 is 5.32 Å². The van der Waals surface area contributed by atoms with Gasteiger partial charge in [-0.3, -0.25) is 4.68 Å². The molecule has 0 aromatic carbocycles. The highest BCUT2D eigenvalue weighted by Gasteiger charge is 2.13. The molecule has 3 nitrogen and oxygen atoms in total. The maximum absolute atomic E-state index is 4.68. The molecule has 0 atom stereocenters. The van der Waals surface area contributed by atoms with Gasteiger partial charge in [0.05, 0.1) is 11.7 Å². The van der Waals surface area contributed by atoms with Gasteiger partial charge in [0.2, 0.25) is 0 Å². The SMILES string of the molecule is CCC(CC)n1ccc(CNCC2CCSCC2)n1. The van der Waals surface area contributed by atoms with Crippen molar-refractivity contribution < 1.29 is 0 Å². The molecular formula is C15H27N3S. The smallest absolute Gasteiger partial charge is 0.0762 e. The van der Waals surface area contributed by atoms with Crippen LogP contribution >= 0.6 is 11.8 Å². The average Bonchev–Trinajstić information content (AvgIpc) is 2.90. The third-order valence-electron chi connectivity index (χ3n) is 4.06. The van der Waals surface area contributed by atoms with Crippen LogP contribution in [-0.2, 0) is 6.54 Å². The number of nitrogens with zero attached hydrogens (tertiary/aromatic N) is 2. The Labute approximate surface area is 121 Å². The minimum absolute atomic E-state index is 0.559. The Balaban J connectivity index is 1.73. The normalized spacial score (nSPS) is 17.2. The topological polar surface area (TPSA) is 29.9 Å². The van der Waals surface area contributed by atoms with Crippen LogP contribution in [0.4, 0.5) is 0 Å². The van der Waals surface area contributed by atoms with Crippen molar-refractivity contribution in [3.63, 3.8) is 0 Å². The number of thioether (sulfide) groups is 1. The quantitative estimate of drug-likeness (QED) is 0.830. The summed E-state index contributed by atoms with van der Waals surface area (Å²) >= 11 is 2.10. The molecule has 1 aromatic heterocycles. The van der Waals surface area contributed by atoms with Crippen LogP contribution in [0.2, 0.25) is 0 Å². The highest BCUT2D eigenvalue weighted by Crippen LogP contribution is 2.22. The summed E-state index contributed by atoms with van der Waals surface area (Å²) < 4.78 is 2.13. The summed E-state index contributed by atoms with van der Waals surface area (Å²) in [6.07, 6.45) is 7.20. The van der Waals surface area contributed by atoms with Crippen LogP contribution in [0.1, 0.15) is 51.3 Å². The lowest BCUT2D eigenvalue weighted by molar-refractivity contribution is 0.419. The van der Waals surface area contributed by atoms with E-state index in [1.54, 1.807) is 0 Å². The fourth-order valence-electron chi connectivity index (χ4n) is 2.69. The van der Waals surface area contributed by atoms with Crippen molar-refractivity contribution >= 4 is 11.8 Å². The summed E-state index contributed by atoms with van der Waals surface area (Å²) in [5.74, 6) is 3.56. The van der Waals surface area contributed by atoms with E-state index >= 15 is 0 Å². The van der Waals surface area contributed by atoms with E-state index in [4.69, 9.17) is 0 Å². The van der Waals surface area contributed by atoms with Gasteiger partial charge in [-0.25, -0.2) is 0 Å². The molecule has 19 heavy (non-hydrogen) atoms. The fraction of sp³-hybridized carbons (Fsp3) is 0.800. The molecule has 108 valence electrons. The van der Waals surface area contributed by atoms with Crippen LogP contribution in [0.5, 0.6) is 0 Å². The Bertz CT molecular complexity index is 354. The van der Waals surface area contributed by atoms with E-state index < -0.39 is 0 Å². The number of aromatic nitrogens is 2. The van der Waals surface area contributed by atoms with Crippen molar-refractivity contribution in [2.24, 2.45) is 5.92 Å². The predicted molar refractivity (Wildman–Crippen MR) is 83.6 cm³/mol. The van der Waals surface area contributed by atoms with Crippen molar-refractivity contribution in [2.75, 3.05) is 18.1 Å². The molecule has 0 saturated carbocycles. The number of nitrogens with one attached hydrogen (secondary N) is 1. The molecule has 0 spiro atoms. The molecule has 1 N–H and O–H groups in total. The Morgan fingerprint density at radius 3 is 2.79 bits per heavy atom. The minimum Gasteiger partial charge on any atom is -0.311 e. The summed E-state index contributed by atoms with van der Waals surface area (Å²) in [5.41, 5.74) is 1.18. The molecule has 0 radical (unpaired) electrons. The molecule has 0 bridgehead atoms. The second-order valence-electron chi connectivity index (χ2n) is 5.44. The van der Waals surface area contributed by atoms with Gasteiger partial charge in [-0.1, -0.05) is 13.8 Å². The van der Waals surface area contributed by atoms with E-state index in [2.05, 4.69) is 53.0 Å². The highest BCUT2D eigenvalue weighted by atomic mass is 32.2. The Hall–Kier alpha value is -0.480. The van der Waals surface area contributed by atoms with E-state index in [0.717, 1.165) is 31.8 Å².